The van der Waals surface area contributed by atoms with E-state index in [1.807, 2.05) is 14.0 Å². The van der Waals surface area contributed by atoms with Crippen LogP contribution in [-0.2, 0) is 0 Å². The standard InChI is InChI=1S/C13H25N3/c1-12(2)7-9-16(11-12)8-5-6-13(3,10-14)15-4/h15H,5-9,11H2,1-4H3. The smallest absolute Gasteiger partial charge is 0.103 e. The summed E-state index contributed by atoms with van der Waals surface area (Å²) in [5.41, 5.74) is 0.136. The van der Waals surface area contributed by atoms with Gasteiger partial charge in [-0.15, -0.1) is 0 Å². The summed E-state index contributed by atoms with van der Waals surface area (Å²) in [4.78, 5) is 2.52. The molecule has 3 nitrogen and oxygen atoms in total. The molecule has 0 radical (unpaired) electrons. The molecule has 0 aromatic rings. The van der Waals surface area contributed by atoms with Gasteiger partial charge < -0.3 is 10.2 Å². The zero-order chi connectivity index (χ0) is 12.2. The van der Waals surface area contributed by atoms with Crippen LogP contribution in [-0.4, -0.2) is 37.1 Å². The van der Waals surface area contributed by atoms with Crippen LogP contribution in [0.15, 0.2) is 0 Å². The van der Waals surface area contributed by atoms with Crippen LogP contribution >= 0.6 is 0 Å². The van der Waals surface area contributed by atoms with Crippen molar-refractivity contribution in [3.8, 4) is 6.07 Å². The summed E-state index contributed by atoms with van der Waals surface area (Å²) in [5.74, 6) is 0. The van der Waals surface area contributed by atoms with Crippen molar-refractivity contribution in [2.24, 2.45) is 5.41 Å². The Morgan fingerprint density at radius 3 is 2.62 bits per heavy atom. The van der Waals surface area contributed by atoms with Gasteiger partial charge in [-0.1, -0.05) is 13.8 Å². The van der Waals surface area contributed by atoms with Crippen molar-refractivity contribution in [2.45, 2.75) is 45.6 Å². The minimum Gasteiger partial charge on any atom is -0.303 e. The Labute approximate surface area is 99.8 Å². The maximum absolute atomic E-state index is 9.03. The van der Waals surface area contributed by atoms with Crippen LogP contribution in [0.25, 0.3) is 0 Å². The zero-order valence-corrected chi connectivity index (χ0v) is 11.1. The Hall–Kier alpha value is -0.590. The maximum atomic E-state index is 9.03. The van der Waals surface area contributed by atoms with Crippen LogP contribution < -0.4 is 5.32 Å². The molecule has 0 spiro atoms. The van der Waals surface area contributed by atoms with E-state index < -0.39 is 0 Å². The lowest BCUT2D eigenvalue weighted by atomic mass is 9.93. The first-order chi connectivity index (χ1) is 7.41. The van der Waals surface area contributed by atoms with Gasteiger partial charge in [0.1, 0.15) is 5.54 Å². The highest BCUT2D eigenvalue weighted by molar-refractivity contribution is 5.02. The molecule has 0 aliphatic carbocycles. The highest BCUT2D eigenvalue weighted by Gasteiger charge is 2.29. The van der Waals surface area contributed by atoms with Gasteiger partial charge in [-0.3, -0.25) is 0 Å². The van der Waals surface area contributed by atoms with Gasteiger partial charge in [0.15, 0.2) is 0 Å². The van der Waals surface area contributed by atoms with Crippen molar-refractivity contribution in [2.75, 3.05) is 26.7 Å². The molecule has 0 amide bonds. The van der Waals surface area contributed by atoms with Gasteiger partial charge >= 0.3 is 0 Å². The molecule has 0 aromatic heterocycles. The molecule has 1 aliphatic rings. The molecular formula is C13H25N3. The normalized spacial score (nSPS) is 23.9. The van der Waals surface area contributed by atoms with E-state index in [0.29, 0.717) is 5.41 Å². The monoisotopic (exact) mass is 223 g/mol. The van der Waals surface area contributed by atoms with Gasteiger partial charge in [-0.2, -0.15) is 5.26 Å². The minimum atomic E-state index is -0.352. The molecule has 0 aromatic carbocycles. The number of nitrogens with zero attached hydrogens (tertiary/aromatic N) is 2. The van der Waals surface area contributed by atoms with Crippen molar-refractivity contribution < 1.29 is 0 Å². The minimum absolute atomic E-state index is 0.352. The average Bonchev–Trinajstić information content (AvgIpc) is 2.58. The topological polar surface area (TPSA) is 39.1 Å². The SMILES string of the molecule is CNC(C)(C#N)CCCN1CCC(C)(C)C1. The van der Waals surface area contributed by atoms with Gasteiger partial charge in [0.05, 0.1) is 6.07 Å². The molecule has 92 valence electrons. The summed E-state index contributed by atoms with van der Waals surface area (Å²) in [6.07, 6.45) is 3.33. The van der Waals surface area contributed by atoms with Gasteiger partial charge in [0.2, 0.25) is 0 Å². The quantitative estimate of drug-likeness (QED) is 0.775. The molecule has 0 bridgehead atoms. The summed E-state index contributed by atoms with van der Waals surface area (Å²) in [6, 6.07) is 2.34. The Bertz CT molecular complexity index is 267. The maximum Gasteiger partial charge on any atom is 0.103 e. The molecule has 1 unspecified atom stereocenters. The largest absolute Gasteiger partial charge is 0.303 e. The Balaban J connectivity index is 2.25. The van der Waals surface area contributed by atoms with Gasteiger partial charge in [-0.05, 0) is 51.7 Å². The Morgan fingerprint density at radius 1 is 1.50 bits per heavy atom. The third-order valence-electron chi connectivity index (χ3n) is 3.71. The molecular weight excluding hydrogens is 198 g/mol. The molecule has 16 heavy (non-hydrogen) atoms. The van der Waals surface area contributed by atoms with Crippen molar-refractivity contribution >= 4 is 0 Å². The first-order valence-electron chi connectivity index (χ1n) is 6.23. The molecule has 0 saturated carbocycles. The molecule has 1 heterocycles. The predicted molar refractivity (Wildman–Crippen MR) is 67.1 cm³/mol. The van der Waals surface area contributed by atoms with Crippen LogP contribution in [0.1, 0.15) is 40.0 Å². The summed E-state index contributed by atoms with van der Waals surface area (Å²) in [6.45, 7) is 10.2. The van der Waals surface area contributed by atoms with Crippen molar-refractivity contribution in [3.05, 3.63) is 0 Å². The second kappa shape index (κ2) is 5.16. The lowest BCUT2D eigenvalue weighted by Gasteiger charge is -2.23. The van der Waals surface area contributed by atoms with E-state index in [2.05, 4.69) is 30.1 Å². The number of nitrogens with one attached hydrogen (secondary N) is 1. The van der Waals surface area contributed by atoms with E-state index in [9.17, 15) is 0 Å². The van der Waals surface area contributed by atoms with Crippen molar-refractivity contribution in [3.63, 3.8) is 0 Å². The third-order valence-corrected chi connectivity index (χ3v) is 3.71. The molecule has 1 N–H and O–H groups in total. The second-order valence-corrected chi connectivity index (χ2v) is 5.99. The fourth-order valence-electron chi connectivity index (χ4n) is 2.31. The summed E-state index contributed by atoms with van der Waals surface area (Å²) < 4.78 is 0. The van der Waals surface area contributed by atoms with E-state index in [1.165, 1.54) is 19.5 Å². The van der Waals surface area contributed by atoms with Gasteiger partial charge in [0, 0.05) is 6.54 Å². The van der Waals surface area contributed by atoms with E-state index in [1.54, 1.807) is 0 Å². The average molecular weight is 223 g/mol. The molecule has 1 fully saturated rings. The van der Waals surface area contributed by atoms with Crippen LogP contribution in [0.2, 0.25) is 0 Å². The zero-order valence-electron chi connectivity index (χ0n) is 11.1. The number of likely N-dealkylation sites (tertiary alicyclic amines) is 1. The van der Waals surface area contributed by atoms with Gasteiger partial charge in [-0.25, -0.2) is 0 Å². The number of hydrogen-bond donors (Lipinski definition) is 1. The molecule has 1 rings (SSSR count). The Kier molecular flexibility index (Phi) is 4.35. The van der Waals surface area contributed by atoms with E-state index in [0.717, 1.165) is 19.4 Å². The molecule has 1 atom stereocenters. The van der Waals surface area contributed by atoms with Gasteiger partial charge in [0.25, 0.3) is 0 Å². The van der Waals surface area contributed by atoms with Crippen molar-refractivity contribution in [1.82, 2.24) is 10.2 Å². The summed E-state index contributed by atoms with van der Waals surface area (Å²) in [7, 11) is 1.86. The van der Waals surface area contributed by atoms with E-state index >= 15 is 0 Å². The lowest BCUT2D eigenvalue weighted by molar-refractivity contribution is 0.276. The number of rotatable bonds is 5. The van der Waals surface area contributed by atoms with E-state index in [4.69, 9.17) is 5.26 Å². The third kappa shape index (κ3) is 3.77. The van der Waals surface area contributed by atoms with Crippen LogP contribution in [0.3, 0.4) is 0 Å². The highest BCUT2D eigenvalue weighted by Crippen LogP contribution is 2.28. The molecule has 1 aliphatic heterocycles. The number of hydrogen-bond acceptors (Lipinski definition) is 3. The first kappa shape index (κ1) is 13.5. The molecule has 3 heteroatoms. The highest BCUT2D eigenvalue weighted by atomic mass is 15.1. The fourth-order valence-corrected chi connectivity index (χ4v) is 2.31. The van der Waals surface area contributed by atoms with E-state index in [-0.39, 0.29) is 5.54 Å². The summed E-state index contributed by atoms with van der Waals surface area (Å²) in [5, 5.41) is 12.1. The fraction of sp³-hybridized carbons (Fsp3) is 0.923. The Morgan fingerprint density at radius 2 is 2.19 bits per heavy atom. The van der Waals surface area contributed by atoms with Crippen LogP contribution in [0, 0.1) is 16.7 Å². The van der Waals surface area contributed by atoms with Crippen LogP contribution in [0.5, 0.6) is 0 Å². The lowest BCUT2D eigenvalue weighted by Crippen LogP contribution is -2.38. The molecule has 1 saturated heterocycles. The number of nitriles is 1. The first-order valence-corrected chi connectivity index (χ1v) is 6.23. The van der Waals surface area contributed by atoms with Crippen LogP contribution in [0.4, 0.5) is 0 Å². The second-order valence-electron chi connectivity index (χ2n) is 5.99. The predicted octanol–water partition coefficient (Wildman–Crippen LogP) is 2.00. The summed E-state index contributed by atoms with van der Waals surface area (Å²) >= 11 is 0. The van der Waals surface area contributed by atoms with Crippen molar-refractivity contribution in [1.29, 1.82) is 5.26 Å².